The molecule has 3 heteroatoms. The van der Waals surface area contributed by atoms with Crippen LogP contribution in [0.5, 0.6) is 0 Å². The van der Waals surface area contributed by atoms with Gasteiger partial charge in [0.2, 0.25) is 0 Å². The van der Waals surface area contributed by atoms with Gasteiger partial charge in [0.1, 0.15) is 8.07 Å². The molecule has 82 valence electrons. The van der Waals surface area contributed by atoms with E-state index < -0.39 is 8.07 Å². The molecule has 1 rings (SSSR count). The van der Waals surface area contributed by atoms with Crippen LogP contribution in [0.2, 0.25) is 13.1 Å². The van der Waals surface area contributed by atoms with E-state index in [0.717, 1.165) is 0 Å². The summed E-state index contributed by atoms with van der Waals surface area (Å²) in [6.07, 6.45) is 0. The van der Waals surface area contributed by atoms with Gasteiger partial charge in [0.15, 0.2) is 0 Å². The molecule has 0 saturated heterocycles. The monoisotopic (exact) mass is 222 g/mol. The van der Waals surface area contributed by atoms with Crippen LogP contribution in [0.1, 0.15) is 13.8 Å². The van der Waals surface area contributed by atoms with Gasteiger partial charge in [-0.2, -0.15) is 0 Å². The maximum absolute atomic E-state index is 10.9. The Hall–Kier alpha value is -1.09. The fraction of sp³-hybridized carbons (Fsp3) is 0.417. The van der Waals surface area contributed by atoms with Crippen molar-refractivity contribution in [2.45, 2.75) is 32.7 Å². The third-order valence-electron chi connectivity index (χ3n) is 2.88. The van der Waals surface area contributed by atoms with E-state index in [4.69, 9.17) is 4.74 Å². The number of hydrogen-bond acceptors (Lipinski definition) is 2. The molecule has 0 spiro atoms. The van der Waals surface area contributed by atoms with Crippen LogP contribution in [0.4, 0.5) is 0 Å². The van der Waals surface area contributed by atoms with Gasteiger partial charge in [-0.25, -0.2) is 0 Å². The number of benzene rings is 1. The van der Waals surface area contributed by atoms with Gasteiger partial charge in [-0.15, -0.1) is 0 Å². The highest BCUT2D eigenvalue weighted by Crippen LogP contribution is 2.12. The molecule has 0 N–H and O–H groups in total. The molecular formula is C12H18O2Si. The molecule has 0 heterocycles. The van der Waals surface area contributed by atoms with Crippen molar-refractivity contribution in [3.8, 4) is 0 Å². The second-order valence-corrected chi connectivity index (χ2v) is 9.17. The van der Waals surface area contributed by atoms with Crippen LogP contribution in [0.25, 0.3) is 0 Å². The molecule has 1 atom stereocenters. The van der Waals surface area contributed by atoms with Gasteiger partial charge in [0, 0.05) is 6.92 Å². The molecule has 2 nitrogen and oxygen atoms in total. The molecule has 0 fully saturated rings. The highest BCUT2D eigenvalue weighted by Gasteiger charge is 2.32. The van der Waals surface area contributed by atoms with Crippen molar-refractivity contribution in [3.05, 3.63) is 30.3 Å². The van der Waals surface area contributed by atoms with Crippen molar-refractivity contribution in [2.75, 3.05) is 0 Å². The number of esters is 1. The smallest absolute Gasteiger partial charge is 0.302 e. The molecular weight excluding hydrogens is 204 g/mol. The van der Waals surface area contributed by atoms with Crippen molar-refractivity contribution < 1.29 is 9.53 Å². The fourth-order valence-electron chi connectivity index (χ4n) is 1.50. The number of ether oxygens (including phenoxy) is 1. The van der Waals surface area contributed by atoms with Crippen molar-refractivity contribution in [2.24, 2.45) is 0 Å². The van der Waals surface area contributed by atoms with Crippen LogP contribution >= 0.6 is 0 Å². The van der Waals surface area contributed by atoms with Gasteiger partial charge in [-0.3, -0.25) is 4.79 Å². The van der Waals surface area contributed by atoms with Crippen molar-refractivity contribution in [3.63, 3.8) is 0 Å². The maximum Gasteiger partial charge on any atom is 0.302 e. The summed E-state index contributed by atoms with van der Waals surface area (Å²) < 4.78 is 5.29. The number of hydrogen-bond donors (Lipinski definition) is 0. The average Bonchev–Trinajstić information content (AvgIpc) is 2.18. The van der Waals surface area contributed by atoms with E-state index in [1.54, 1.807) is 0 Å². The third kappa shape index (κ3) is 2.93. The predicted molar refractivity (Wildman–Crippen MR) is 64.8 cm³/mol. The molecule has 0 saturated carbocycles. The standard InChI is InChI=1S/C12H18O2Si/c1-10(13)14-11(2)15(3,4)12-8-6-5-7-9-12/h5-9,11H,1-4H3. The third-order valence-corrected chi connectivity index (χ3v) is 6.85. The number of rotatable bonds is 3. The summed E-state index contributed by atoms with van der Waals surface area (Å²) in [5, 5.41) is 1.32. The fourth-order valence-corrected chi connectivity index (χ4v) is 3.48. The van der Waals surface area contributed by atoms with Gasteiger partial charge in [-0.05, 0) is 6.92 Å². The summed E-state index contributed by atoms with van der Waals surface area (Å²) >= 11 is 0. The van der Waals surface area contributed by atoms with Gasteiger partial charge >= 0.3 is 5.97 Å². The van der Waals surface area contributed by atoms with E-state index in [1.807, 2.05) is 25.1 Å². The Kier molecular flexibility index (Phi) is 3.69. The summed E-state index contributed by atoms with van der Waals surface area (Å²) in [6, 6.07) is 10.3. The molecule has 15 heavy (non-hydrogen) atoms. The highest BCUT2D eigenvalue weighted by atomic mass is 28.3. The minimum Gasteiger partial charge on any atom is -0.466 e. The van der Waals surface area contributed by atoms with Crippen LogP contribution in [0, 0.1) is 0 Å². The average molecular weight is 222 g/mol. The Morgan fingerprint density at radius 1 is 1.27 bits per heavy atom. The lowest BCUT2D eigenvalue weighted by molar-refractivity contribution is -0.142. The zero-order chi connectivity index (χ0) is 11.5. The molecule has 1 unspecified atom stereocenters. The second-order valence-electron chi connectivity index (χ2n) is 4.34. The van der Waals surface area contributed by atoms with Gasteiger partial charge in [0.05, 0.1) is 5.73 Å². The van der Waals surface area contributed by atoms with Crippen LogP contribution in [0.3, 0.4) is 0 Å². The Morgan fingerprint density at radius 2 is 1.80 bits per heavy atom. The molecule has 0 aliphatic rings. The predicted octanol–water partition coefficient (Wildman–Crippen LogP) is 2.09. The zero-order valence-corrected chi connectivity index (χ0v) is 10.8. The van der Waals surface area contributed by atoms with Crippen molar-refractivity contribution >= 4 is 19.2 Å². The van der Waals surface area contributed by atoms with E-state index >= 15 is 0 Å². The molecule has 0 radical (unpaired) electrons. The molecule has 0 aromatic heterocycles. The van der Waals surface area contributed by atoms with Crippen LogP contribution in [0.15, 0.2) is 30.3 Å². The quantitative estimate of drug-likeness (QED) is 0.578. The molecule has 0 amide bonds. The lowest BCUT2D eigenvalue weighted by Crippen LogP contribution is -2.52. The van der Waals surface area contributed by atoms with Gasteiger partial charge in [-0.1, -0.05) is 48.6 Å². The summed E-state index contributed by atoms with van der Waals surface area (Å²) in [4.78, 5) is 10.9. The lowest BCUT2D eigenvalue weighted by atomic mass is 10.4. The Labute approximate surface area is 92.3 Å². The summed E-state index contributed by atoms with van der Waals surface area (Å²) in [5.41, 5.74) is 0.0115. The lowest BCUT2D eigenvalue weighted by Gasteiger charge is -2.29. The molecule has 1 aromatic carbocycles. The van der Waals surface area contributed by atoms with Crippen LogP contribution in [-0.4, -0.2) is 19.8 Å². The van der Waals surface area contributed by atoms with E-state index in [0.29, 0.717) is 0 Å². The SMILES string of the molecule is CC(=O)OC(C)[Si](C)(C)c1ccccc1. The normalized spacial score (nSPS) is 13.3. The first-order valence-electron chi connectivity index (χ1n) is 5.17. The Balaban J connectivity index is 2.87. The summed E-state index contributed by atoms with van der Waals surface area (Å²) in [6.45, 7) is 7.89. The van der Waals surface area contributed by atoms with Crippen molar-refractivity contribution in [1.82, 2.24) is 0 Å². The minimum absolute atomic E-state index is 0.0115. The van der Waals surface area contributed by atoms with Crippen molar-refractivity contribution in [1.29, 1.82) is 0 Å². The van der Waals surface area contributed by atoms with Gasteiger partial charge in [0.25, 0.3) is 0 Å². The maximum atomic E-state index is 10.9. The number of carbonyl (C=O) groups excluding carboxylic acids is 1. The molecule has 0 aliphatic heterocycles. The summed E-state index contributed by atoms with van der Waals surface area (Å²) in [7, 11) is -1.69. The Morgan fingerprint density at radius 3 is 2.27 bits per heavy atom. The Bertz CT molecular complexity index is 333. The van der Waals surface area contributed by atoms with Crippen LogP contribution in [-0.2, 0) is 9.53 Å². The first kappa shape index (κ1) is 12.0. The number of carbonyl (C=O) groups is 1. The first-order chi connectivity index (χ1) is 6.94. The largest absolute Gasteiger partial charge is 0.466 e. The summed E-state index contributed by atoms with van der Waals surface area (Å²) in [5.74, 6) is -0.195. The van der Waals surface area contributed by atoms with E-state index in [1.165, 1.54) is 12.1 Å². The molecule has 0 bridgehead atoms. The zero-order valence-electron chi connectivity index (χ0n) is 9.78. The van der Waals surface area contributed by atoms with Gasteiger partial charge < -0.3 is 4.74 Å². The minimum atomic E-state index is -1.69. The van der Waals surface area contributed by atoms with E-state index in [9.17, 15) is 4.79 Å². The second kappa shape index (κ2) is 4.62. The van der Waals surface area contributed by atoms with E-state index in [2.05, 4.69) is 25.2 Å². The molecule has 1 aromatic rings. The molecule has 0 aliphatic carbocycles. The van der Waals surface area contributed by atoms with Crippen LogP contribution < -0.4 is 5.19 Å². The highest BCUT2D eigenvalue weighted by molar-refractivity contribution is 6.90. The first-order valence-corrected chi connectivity index (χ1v) is 8.25. The topological polar surface area (TPSA) is 26.3 Å². The van der Waals surface area contributed by atoms with E-state index in [-0.39, 0.29) is 11.7 Å².